The maximum Gasteiger partial charge on any atom is 0.303 e. The van der Waals surface area contributed by atoms with Gasteiger partial charge in [-0.3, -0.25) is 4.79 Å². The number of carboxylic acid groups (broad SMARTS) is 1. The molecule has 0 aliphatic heterocycles. The topological polar surface area (TPSA) is 77.8 Å². The average Bonchev–Trinajstić information content (AvgIpc) is 2.98. The van der Waals surface area contributed by atoms with Gasteiger partial charge >= 0.3 is 5.97 Å². The Kier molecular flexibility index (Phi) is 5.36. The van der Waals surface area contributed by atoms with Crippen LogP contribution in [0.15, 0.2) is 0 Å². The molecule has 4 heteroatoms. The first-order valence-electron chi connectivity index (χ1n) is 11.7. The molecule has 28 heavy (non-hydrogen) atoms. The maximum absolute atomic E-state index is 11.2. The predicted octanol–water partition coefficient (Wildman–Crippen LogP) is 4.48. The number of carbonyl (C=O) groups is 1. The largest absolute Gasteiger partial charge is 0.481 e. The molecule has 4 aliphatic carbocycles. The molecule has 4 saturated carbocycles. The standard InChI is InChI=1S/C24H40O4/c1-14(4-7-21(27)28)17-5-6-18-22-19(9-11-24(17,18)3)23(2)10-8-16(25)12-15(23)13-20(22)26/h14-20,22,25-26H,4-13H2,1-3H3,(H,27,28)/t14-,15+,16-,17?,18?,19?,20?,22+,23+,24-/m1/s1. The molecule has 160 valence electrons. The van der Waals surface area contributed by atoms with Crippen molar-refractivity contribution >= 4 is 5.97 Å². The quantitative estimate of drug-likeness (QED) is 0.659. The van der Waals surface area contributed by atoms with Crippen molar-refractivity contribution in [1.29, 1.82) is 0 Å². The zero-order valence-corrected chi connectivity index (χ0v) is 17.9. The Morgan fingerprint density at radius 2 is 1.68 bits per heavy atom. The van der Waals surface area contributed by atoms with Gasteiger partial charge in [0.2, 0.25) is 0 Å². The van der Waals surface area contributed by atoms with Crippen LogP contribution in [0.5, 0.6) is 0 Å². The third-order valence-corrected chi connectivity index (χ3v) is 10.2. The van der Waals surface area contributed by atoms with Crippen molar-refractivity contribution in [3.63, 3.8) is 0 Å². The fourth-order valence-corrected chi connectivity index (χ4v) is 8.73. The lowest BCUT2D eigenvalue weighted by molar-refractivity contribution is -0.174. The second-order valence-corrected chi connectivity index (χ2v) is 11.4. The van der Waals surface area contributed by atoms with E-state index in [1.54, 1.807) is 0 Å². The Morgan fingerprint density at radius 3 is 2.39 bits per heavy atom. The molecule has 3 N–H and O–H groups in total. The van der Waals surface area contributed by atoms with E-state index in [1.807, 2.05) is 0 Å². The molecule has 0 bridgehead atoms. The van der Waals surface area contributed by atoms with Crippen LogP contribution in [0.1, 0.15) is 85.0 Å². The highest BCUT2D eigenvalue weighted by molar-refractivity contribution is 5.66. The summed E-state index contributed by atoms with van der Waals surface area (Å²) in [4.78, 5) is 11.1. The van der Waals surface area contributed by atoms with E-state index in [0.29, 0.717) is 35.5 Å². The summed E-state index contributed by atoms with van der Waals surface area (Å²) in [6, 6.07) is 0. The molecule has 4 aliphatic rings. The van der Waals surface area contributed by atoms with Crippen molar-refractivity contribution in [2.75, 3.05) is 0 Å². The van der Waals surface area contributed by atoms with Gasteiger partial charge in [0.1, 0.15) is 0 Å². The van der Waals surface area contributed by atoms with Crippen LogP contribution >= 0.6 is 0 Å². The molecule has 4 nitrogen and oxygen atoms in total. The molecular formula is C24H40O4. The second kappa shape index (κ2) is 7.27. The minimum absolute atomic E-state index is 0.179. The van der Waals surface area contributed by atoms with E-state index in [-0.39, 0.29) is 29.5 Å². The number of hydrogen-bond acceptors (Lipinski definition) is 3. The molecule has 4 unspecified atom stereocenters. The molecule has 0 aromatic heterocycles. The smallest absolute Gasteiger partial charge is 0.303 e. The first kappa shape index (κ1) is 20.7. The molecule has 0 heterocycles. The number of fused-ring (bicyclic) bond motifs is 5. The first-order valence-corrected chi connectivity index (χ1v) is 11.7. The van der Waals surface area contributed by atoms with Gasteiger partial charge < -0.3 is 15.3 Å². The lowest BCUT2D eigenvalue weighted by Gasteiger charge is -2.62. The van der Waals surface area contributed by atoms with Crippen LogP contribution in [0, 0.1) is 46.3 Å². The Labute approximate surface area is 170 Å². The van der Waals surface area contributed by atoms with Crippen molar-refractivity contribution < 1.29 is 20.1 Å². The highest BCUT2D eigenvalue weighted by Gasteiger charge is 2.62. The molecule has 0 radical (unpaired) electrons. The maximum atomic E-state index is 11.2. The van der Waals surface area contributed by atoms with Crippen molar-refractivity contribution in [3.05, 3.63) is 0 Å². The van der Waals surface area contributed by atoms with E-state index < -0.39 is 5.97 Å². The number of carboxylic acids is 1. The van der Waals surface area contributed by atoms with Crippen LogP contribution in [0.4, 0.5) is 0 Å². The second-order valence-electron chi connectivity index (χ2n) is 11.4. The third kappa shape index (κ3) is 3.14. The van der Waals surface area contributed by atoms with E-state index in [0.717, 1.165) is 32.1 Å². The summed E-state index contributed by atoms with van der Waals surface area (Å²) < 4.78 is 0. The first-order chi connectivity index (χ1) is 13.2. The van der Waals surface area contributed by atoms with E-state index in [9.17, 15) is 15.0 Å². The minimum Gasteiger partial charge on any atom is -0.481 e. The van der Waals surface area contributed by atoms with Gasteiger partial charge in [0.25, 0.3) is 0 Å². The van der Waals surface area contributed by atoms with Gasteiger partial charge in [0.15, 0.2) is 0 Å². The minimum atomic E-state index is -0.684. The molecule has 0 amide bonds. The van der Waals surface area contributed by atoms with Crippen LogP contribution in [-0.4, -0.2) is 33.5 Å². The normalized spacial score (nSPS) is 51.7. The number of aliphatic carboxylic acids is 1. The van der Waals surface area contributed by atoms with E-state index in [1.165, 1.54) is 25.7 Å². The van der Waals surface area contributed by atoms with Crippen LogP contribution in [0.2, 0.25) is 0 Å². The van der Waals surface area contributed by atoms with Crippen LogP contribution < -0.4 is 0 Å². The number of rotatable bonds is 4. The van der Waals surface area contributed by atoms with Gasteiger partial charge in [-0.05, 0) is 104 Å². The van der Waals surface area contributed by atoms with Crippen molar-refractivity contribution in [1.82, 2.24) is 0 Å². The van der Waals surface area contributed by atoms with Gasteiger partial charge in [-0.1, -0.05) is 20.8 Å². The Morgan fingerprint density at radius 1 is 1.00 bits per heavy atom. The molecule has 0 aromatic rings. The third-order valence-electron chi connectivity index (χ3n) is 10.2. The summed E-state index contributed by atoms with van der Waals surface area (Å²) >= 11 is 0. The molecule has 4 fully saturated rings. The zero-order valence-electron chi connectivity index (χ0n) is 17.9. The van der Waals surface area contributed by atoms with Crippen molar-refractivity contribution in [3.8, 4) is 0 Å². The van der Waals surface area contributed by atoms with Gasteiger partial charge in [-0.2, -0.15) is 0 Å². The number of aliphatic hydroxyl groups excluding tert-OH is 2. The van der Waals surface area contributed by atoms with Crippen molar-refractivity contribution in [2.24, 2.45) is 46.3 Å². The zero-order chi connectivity index (χ0) is 20.3. The predicted molar refractivity (Wildman–Crippen MR) is 109 cm³/mol. The average molecular weight is 393 g/mol. The fourth-order valence-electron chi connectivity index (χ4n) is 8.73. The molecule has 10 atom stereocenters. The summed E-state index contributed by atoms with van der Waals surface area (Å²) in [6.07, 6.45) is 9.19. The lowest BCUT2D eigenvalue weighted by atomic mass is 9.43. The van der Waals surface area contributed by atoms with Crippen LogP contribution in [-0.2, 0) is 4.79 Å². The van der Waals surface area contributed by atoms with Gasteiger partial charge in [-0.25, -0.2) is 0 Å². The van der Waals surface area contributed by atoms with Gasteiger partial charge in [-0.15, -0.1) is 0 Å². The molecule has 0 spiro atoms. The summed E-state index contributed by atoms with van der Waals surface area (Å²) in [7, 11) is 0. The van der Waals surface area contributed by atoms with E-state index in [4.69, 9.17) is 5.11 Å². The highest BCUT2D eigenvalue weighted by Crippen LogP contribution is 2.68. The number of aliphatic hydroxyl groups is 2. The summed E-state index contributed by atoms with van der Waals surface area (Å²) in [6.45, 7) is 7.16. The lowest BCUT2D eigenvalue weighted by Crippen LogP contribution is -2.58. The molecule has 4 rings (SSSR count). The Bertz CT molecular complexity index is 605. The summed E-state index contributed by atoms with van der Waals surface area (Å²) in [5.41, 5.74) is 0.523. The Hall–Kier alpha value is -0.610. The fraction of sp³-hybridized carbons (Fsp3) is 0.958. The Balaban J connectivity index is 1.55. The SMILES string of the molecule is C[C@H](CCC(=O)O)C1CCC2[C@@H]3C(O)C[C@@H]4C[C@H](O)CC[C@]4(C)C3CC[C@@]21C. The molecule has 0 saturated heterocycles. The highest BCUT2D eigenvalue weighted by atomic mass is 16.4. The van der Waals surface area contributed by atoms with Gasteiger partial charge in [0.05, 0.1) is 12.2 Å². The van der Waals surface area contributed by atoms with Crippen LogP contribution in [0.3, 0.4) is 0 Å². The van der Waals surface area contributed by atoms with Gasteiger partial charge in [0, 0.05) is 6.42 Å². The molecule has 0 aromatic carbocycles. The monoisotopic (exact) mass is 392 g/mol. The van der Waals surface area contributed by atoms with E-state index in [2.05, 4.69) is 20.8 Å². The summed E-state index contributed by atoms with van der Waals surface area (Å²) in [5.74, 6) is 2.36. The van der Waals surface area contributed by atoms with Crippen LogP contribution in [0.25, 0.3) is 0 Å². The van der Waals surface area contributed by atoms with E-state index >= 15 is 0 Å². The number of hydrogen-bond donors (Lipinski definition) is 3. The van der Waals surface area contributed by atoms with Crippen molar-refractivity contribution in [2.45, 2.75) is 97.2 Å². The summed E-state index contributed by atoms with van der Waals surface area (Å²) in [5, 5.41) is 30.5. The molecular weight excluding hydrogens is 352 g/mol.